The maximum absolute atomic E-state index is 12.3. The number of benzene rings is 2. The highest BCUT2D eigenvalue weighted by atomic mass is 35.5. The third-order valence-corrected chi connectivity index (χ3v) is 5.37. The third-order valence-electron chi connectivity index (χ3n) is 3.38. The molecule has 2 nitrogen and oxygen atoms in total. The lowest BCUT2D eigenvalue weighted by Crippen LogP contribution is -2.29. The molecule has 1 amide bonds. The van der Waals surface area contributed by atoms with Gasteiger partial charge in [0.1, 0.15) is 0 Å². The van der Waals surface area contributed by atoms with Crippen molar-refractivity contribution >= 4 is 40.9 Å². The van der Waals surface area contributed by atoms with E-state index in [-0.39, 0.29) is 17.7 Å². The summed E-state index contributed by atoms with van der Waals surface area (Å²) in [7, 11) is 0. The van der Waals surface area contributed by atoms with Gasteiger partial charge in [0.2, 0.25) is 5.91 Å². The number of hydrogen-bond donors (Lipinski definition) is 1. The molecular formula is C18H19Cl2NOS. The summed E-state index contributed by atoms with van der Waals surface area (Å²) in [4.78, 5) is 13.0. The Morgan fingerprint density at radius 2 is 1.74 bits per heavy atom. The summed E-state index contributed by atoms with van der Waals surface area (Å²) in [6, 6.07) is 15.4. The molecule has 0 aromatic heterocycles. The molecule has 0 radical (unpaired) electrons. The molecule has 0 saturated heterocycles. The van der Waals surface area contributed by atoms with Crippen molar-refractivity contribution in [1.29, 1.82) is 0 Å². The zero-order chi connectivity index (χ0) is 16.7. The van der Waals surface area contributed by atoms with Gasteiger partial charge in [0.25, 0.3) is 0 Å². The Balaban J connectivity index is 1.97. The molecule has 23 heavy (non-hydrogen) atoms. The van der Waals surface area contributed by atoms with Crippen molar-refractivity contribution in [3.05, 3.63) is 64.1 Å². The average molecular weight is 368 g/mol. The van der Waals surface area contributed by atoms with Crippen molar-refractivity contribution in [3.63, 3.8) is 0 Å². The van der Waals surface area contributed by atoms with Crippen LogP contribution in [0.4, 0.5) is 0 Å². The standard InChI is InChI=1S/C18H19Cl2NOS/c1-2-7-16(13-8-4-3-5-9-13)21-17(22)12-23-18-14(19)10-6-11-15(18)20/h3-6,8-11,16H,2,7,12H2,1H3,(H,21,22)/t16-/m0/s1. The minimum Gasteiger partial charge on any atom is -0.349 e. The predicted octanol–water partition coefficient (Wildman–Crippen LogP) is 5.74. The molecule has 2 aromatic carbocycles. The molecule has 0 fully saturated rings. The van der Waals surface area contributed by atoms with Gasteiger partial charge in [0.05, 0.1) is 21.8 Å². The van der Waals surface area contributed by atoms with Gasteiger partial charge in [-0.15, -0.1) is 11.8 Å². The van der Waals surface area contributed by atoms with Crippen LogP contribution in [0, 0.1) is 0 Å². The first-order chi connectivity index (χ1) is 11.1. The van der Waals surface area contributed by atoms with Crippen LogP contribution in [0.15, 0.2) is 53.4 Å². The summed E-state index contributed by atoms with van der Waals surface area (Å²) >= 11 is 13.6. The van der Waals surface area contributed by atoms with Crippen molar-refractivity contribution in [1.82, 2.24) is 5.32 Å². The van der Waals surface area contributed by atoms with E-state index in [4.69, 9.17) is 23.2 Å². The van der Waals surface area contributed by atoms with Crippen LogP contribution in [-0.2, 0) is 4.79 Å². The molecule has 2 rings (SSSR count). The van der Waals surface area contributed by atoms with Gasteiger partial charge in [-0.25, -0.2) is 0 Å². The fourth-order valence-corrected chi connectivity index (χ4v) is 3.79. The van der Waals surface area contributed by atoms with E-state index < -0.39 is 0 Å². The van der Waals surface area contributed by atoms with Crippen LogP contribution < -0.4 is 5.32 Å². The quantitative estimate of drug-likeness (QED) is 0.631. The minimum atomic E-state index is -0.0201. The summed E-state index contributed by atoms with van der Waals surface area (Å²) in [6.07, 6.45) is 1.91. The molecule has 0 bridgehead atoms. The largest absolute Gasteiger partial charge is 0.349 e. The van der Waals surface area contributed by atoms with E-state index in [2.05, 4.69) is 12.2 Å². The highest BCUT2D eigenvalue weighted by Crippen LogP contribution is 2.33. The monoisotopic (exact) mass is 367 g/mol. The number of carbonyl (C=O) groups is 1. The van der Waals surface area contributed by atoms with E-state index in [0.29, 0.717) is 10.0 Å². The van der Waals surface area contributed by atoms with E-state index in [1.54, 1.807) is 18.2 Å². The van der Waals surface area contributed by atoms with Crippen molar-refractivity contribution in [3.8, 4) is 0 Å². The highest BCUT2D eigenvalue weighted by Gasteiger charge is 2.15. The number of nitrogens with one attached hydrogen (secondary N) is 1. The molecule has 0 heterocycles. The van der Waals surface area contributed by atoms with E-state index in [0.717, 1.165) is 23.3 Å². The van der Waals surface area contributed by atoms with Crippen molar-refractivity contribution < 1.29 is 4.79 Å². The van der Waals surface area contributed by atoms with Gasteiger partial charge in [-0.1, -0.05) is 72.9 Å². The van der Waals surface area contributed by atoms with Gasteiger partial charge in [-0.2, -0.15) is 0 Å². The molecule has 0 saturated carbocycles. The summed E-state index contributed by atoms with van der Waals surface area (Å²) in [5, 5.41) is 4.24. The summed E-state index contributed by atoms with van der Waals surface area (Å²) in [5.74, 6) is 0.268. The molecular weight excluding hydrogens is 349 g/mol. The molecule has 2 aromatic rings. The normalized spacial score (nSPS) is 12.0. The van der Waals surface area contributed by atoms with Crippen molar-refractivity contribution in [2.24, 2.45) is 0 Å². The van der Waals surface area contributed by atoms with E-state index >= 15 is 0 Å². The number of hydrogen-bond acceptors (Lipinski definition) is 2. The second kappa shape index (κ2) is 9.21. The topological polar surface area (TPSA) is 29.1 Å². The van der Waals surface area contributed by atoms with Crippen LogP contribution in [0.1, 0.15) is 31.4 Å². The fourth-order valence-electron chi connectivity index (χ4n) is 2.29. The van der Waals surface area contributed by atoms with Gasteiger partial charge < -0.3 is 5.32 Å². The van der Waals surface area contributed by atoms with Gasteiger partial charge in [0, 0.05) is 4.90 Å². The average Bonchev–Trinajstić information content (AvgIpc) is 2.55. The molecule has 0 unspecified atom stereocenters. The number of carbonyl (C=O) groups excluding carboxylic acids is 1. The number of thioether (sulfide) groups is 1. The minimum absolute atomic E-state index is 0.0201. The Morgan fingerprint density at radius 1 is 1.09 bits per heavy atom. The van der Waals surface area contributed by atoms with Gasteiger partial charge in [0.15, 0.2) is 0 Å². The van der Waals surface area contributed by atoms with E-state index in [9.17, 15) is 4.79 Å². The number of rotatable bonds is 7. The van der Waals surface area contributed by atoms with Crippen molar-refractivity contribution in [2.75, 3.05) is 5.75 Å². The Hall–Kier alpha value is -1.16. The van der Waals surface area contributed by atoms with Crippen LogP contribution in [-0.4, -0.2) is 11.7 Å². The number of halogens is 2. The third kappa shape index (κ3) is 5.45. The molecule has 1 N–H and O–H groups in total. The van der Waals surface area contributed by atoms with Crippen LogP contribution in [0.25, 0.3) is 0 Å². The maximum atomic E-state index is 12.3. The lowest BCUT2D eigenvalue weighted by atomic mass is 10.0. The summed E-state index contributed by atoms with van der Waals surface area (Å²) in [5.41, 5.74) is 1.13. The molecule has 5 heteroatoms. The molecule has 1 atom stereocenters. The first-order valence-corrected chi connectivity index (χ1v) is 9.27. The zero-order valence-electron chi connectivity index (χ0n) is 12.9. The summed E-state index contributed by atoms with van der Waals surface area (Å²) in [6.45, 7) is 2.11. The Bertz CT molecular complexity index is 628. The molecule has 0 aliphatic carbocycles. The first-order valence-electron chi connectivity index (χ1n) is 7.53. The Morgan fingerprint density at radius 3 is 2.35 bits per heavy atom. The molecule has 122 valence electrons. The smallest absolute Gasteiger partial charge is 0.230 e. The molecule has 0 aliphatic rings. The second-order valence-corrected chi connectivity index (χ2v) is 6.96. The van der Waals surface area contributed by atoms with Crippen molar-refractivity contribution in [2.45, 2.75) is 30.7 Å². The predicted molar refractivity (Wildman–Crippen MR) is 99.4 cm³/mol. The number of amides is 1. The fraction of sp³-hybridized carbons (Fsp3) is 0.278. The van der Waals surface area contributed by atoms with Gasteiger partial charge in [-0.3, -0.25) is 4.79 Å². The van der Waals surface area contributed by atoms with Gasteiger partial charge in [-0.05, 0) is 24.1 Å². The summed E-state index contributed by atoms with van der Waals surface area (Å²) < 4.78 is 0. The Kier molecular flexibility index (Phi) is 7.28. The van der Waals surface area contributed by atoms with E-state index in [1.165, 1.54) is 11.8 Å². The lowest BCUT2D eigenvalue weighted by Gasteiger charge is -2.18. The second-order valence-electron chi connectivity index (χ2n) is 5.16. The van der Waals surface area contributed by atoms with Gasteiger partial charge >= 0.3 is 0 Å². The van der Waals surface area contributed by atoms with E-state index in [1.807, 2.05) is 30.3 Å². The van der Waals surface area contributed by atoms with Crippen LogP contribution in [0.2, 0.25) is 10.0 Å². The van der Waals surface area contributed by atoms with Crippen LogP contribution >= 0.6 is 35.0 Å². The molecule has 0 spiro atoms. The zero-order valence-corrected chi connectivity index (χ0v) is 15.2. The highest BCUT2D eigenvalue weighted by molar-refractivity contribution is 8.00. The van der Waals surface area contributed by atoms with Crippen LogP contribution in [0.5, 0.6) is 0 Å². The maximum Gasteiger partial charge on any atom is 0.230 e. The lowest BCUT2D eigenvalue weighted by molar-refractivity contribution is -0.119. The molecule has 0 aliphatic heterocycles. The first kappa shape index (κ1) is 18.2. The Labute approximate surface area is 151 Å². The SMILES string of the molecule is CCC[C@H](NC(=O)CSc1c(Cl)cccc1Cl)c1ccccc1. The van der Waals surface area contributed by atoms with Crippen LogP contribution in [0.3, 0.4) is 0 Å².